The molecule has 1 heterocycles. The molecule has 96 valence electrons. The van der Waals surface area contributed by atoms with E-state index in [9.17, 15) is 0 Å². The van der Waals surface area contributed by atoms with Gasteiger partial charge in [-0.3, -0.25) is 9.88 Å². The highest BCUT2D eigenvalue weighted by Gasteiger charge is 2.14. The molecule has 1 atom stereocenters. The lowest BCUT2D eigenvalue weighted by Crippen LogP contribution is -2.32. The second-order valence-electron chi connectivity index (χ2n) is 4.68. The predicted molar refractivity (Wildman–Crippen MR) is 71.8 cm³/mol. The standard InChI is InChI=1S/C13H24N4/c1-16(2)8-5-9-17(3)13(10-14)12-6-4-7-15-11-12/h4,6-7,11,13H,5,8-10,14H2,1-3H3. The van der Waals surface area contributed by atoms with Crippen molar-refractivity contribution in [3.05, 3.63) is 30.1 Å². The third-order valence-electron chi connectivity index (χ3n) is 2.94. The SMILES string of the molecule is CN(C)CCCN(C)C(CN)c1cccnc1. The molecule has 1 rings (SSSR count). The molecule has 0 aliphatic carbocycles. The highest BCUT2D eigenvalue weighted by Crippen LogP contribution is 2.16. The number of nitrogens with two attached hydrogens (primary N) is 1. The Bertz CT molecular complexity index is 300. The van der Waals surface area contributed by atoms with Crippen molar-refractivity contribution in [2.45, 2.75) is 12.5 Å². The number of hydrogen-bond acceptors (Lipinski definition) is 4. The largest absolute Gasteiger partial charge is 0.329 e. The summed E-state index contributed by atoms with van der Waals surface area (Å²) < 4.78 is 0. The Morgan fingerprint density at radius 3 is 2.59 bits per heavy atom. The molecule has 0 saturated heterocycles. The van der Waals surface area contributed by atoms with E-state index >= 15 is 0 Å². The second-order valence-corrected chi connectivity index (χ2v) is 4.68. The summed E-state index contributed by atoms with van der Waals surface area (Å²) in [5.41, 5.74) is 7.05. The van der Waals surface area contributed by atoms with E-state index in [-0.39, 0.29) is 6.04 Å². The van der Waals surface area contributed by atoms with E-state index in [0.29, 0.717) is 6.54 Å². The summed E-state index contributed by atoms with van der Waals surface area (Å²) >= 11 is 0. The van der Waals surface area contributed by atoms with E-state index in [1.165, 1.54) is 5.56 Å². The molecule has 0 spiro atoms. The molecule has 17 heavy (non-hydrogen) atoms. The van der Waals surface area contributed by atoms with Crippen LogP contribution < -0.4 is 5.73 Å². The van der Waals surface area contributed by atoms with E-state index in [2.05, 4.69) is 42.0 Å². The van der Waals surface area contributed by atoms with Crippen LogP contribution in [0.1, 0.15) is 18.0 Å². The fraction of sp³-hybridized carbons (Fsp3) is 0.615. The molecule has 0 aliphatic heterocycles. The summed E-state index contributed by atoms with van der Waals surface area (Å²) in [6.07, 6.45) is 4.85. The van der Waals surface area contributed by atoms with Crippen molar-refractivity contribution in [2.75, 3.05) is 40.8 Å². The zero-order valence-corrected chi connectivity index (χ0v) is 11.1. The lowest BCUT2D eigenvalue weighted by atomic mass is 10.1. The van der Waals surface area contributed by atoms with Crippen LogP contribution in [0.25, 0.3) is 0 Å². The van der Waals surface area contributed by atoms with Gasteiger partial charge >= 0.3 is 0 Å². The summed E-state index contributed by atoms with van der Waals surface area (Å²) in [4.78, 5) is 8.66. The maximum atomic E-state index is 5.86. The topological polar surface area (TPSA) is 45.4 Å². The molecular formula is C13H24N4. The van der Waals surface area contributed by atoms with Crippen LogP contribution in [0, 0.1) is 0 Å². The lowest BCUT2D eigenvalue weighted by molar-refractivity contribution is 0.235. The first-order valence-corrected chi connectivity index (χ1v) is 6.10. The van der Waals surface area contributed by atoms with Gasteiger partial charge in [-0.25, -0.2) is 0 Å². The van der Waals surface area contributed by atoms with Gasteiger partial charge in [0.05, 0.1) is 0 Å². The molecule has 0 saturated carbocycles. The first-order chi connectivity index (χ1) is 8.15. The van der Waals surface area contributed by atoms with Gasteiger partial charge in [-0.15, -0.1) is 0 Å². The summed E-state index contributed by atoms with van der Waals surface area (Å²) in [7, 11) is 6.32. The van der Waals surface area contributed by atoms with Crippen molar-refractivity contribution in [2.24, 2.45) is 5.73 Å². The fourth-order valence-corrected chi connectivity index (χ4v) is 1.94. The average molecular weight is 236 g/mol. The van der Waals surface area contributed by atoms with Gasteiger partial charge < -0.3 is 10.6 Å². The van der Waals surface area contributed by atoms with Crippen LogP contribution in [-0.2, 0) is 0 Å². The van der Waals surface area contributed by atoms with Crippen molar-refractivity contribution >= 4 is 0 Å². The molecule has 0 amide bonds. The fourth-order valence-electron chi connectivity index (χ4n) is 1.94. The molecule has 0 fully saturated rings. The van der Waals surface area contributed by atoms with E-state index in [0.717, 1.165) is 19.5 Å². The molecule has 4 nitrogen and oxygen atoms in total. The van der Waals surface area contributed by atoms with Crippen LogP contribution in [0.5, 0.6) is 0 Å². The van der Waals surface area contributed by atoms with Gasteiger partial charge in [0.1, 0.15) is 0 Å². The maximum Gasteiger partial charge on any atom is 0.0482 e. The third-order valence-corrected chi connectivity index (χ3v) is 2.94. The Morgan fingerprint density at radius 1 is 1.29 bits per heavy atom. The van der Waals surface area contributed by atoms with Gasteiger partial charge in [0.2, 0.25) is 0 Å². The number of hydrogen-bond donors (Lipinski definition) is 1. The Morgan fingerprint density at radius 2 is 2.06 bits per heavy atom. The molecule has 1 aromatic heterocycles. The van der Waals surface area contributed by atoms with Gasteiger partial charge in [-0.2, -0.15) is 0 Å². The Kier molecular flexibility index (Phi) is 6.11. The Hall–Kier alpha value is -0.970. The molecule has 0 aliphatic rings. The zero-order valence-electron chi connectivity index (χ0n) is 11.1. The van der Waals surface area contributed by atoms with E-state index in [4.69, 9.17) is 5.73 Å². The molecule has 1 aromatic rings. The first kappa shape index (κ1) is 14.1. The van der Waals surface area contributed by atoms with Crippen LogP contribution in [0.3, 0.4) is 0 Å². The van der Waals surface area contributed by atoms with Crippen LogP contribution >= 0.6 is 0 Å². The summed E-state index contributed by atoms with van der Waals surface area (Å²) in [5.74, 6) is 0. The Balaban J connectivity index is 2.50. The van der Waals surface area contributed by atoms with Crippen LogP contribution in [0.15, 0.2) is 24.5 Å². The Labute approximate surface area is 104 Å². The number of aromatic nitrogens is 1. The highest BCUT2D eigenvalue weighted by atomic mass is 15.1. The van der Waals surface area contributed by atoms with E-state index in [1.54, 1.807) is 6.20 Å². The maximum absolute atomic E-state index is 5.86. The van der Waals surface area contributed by atoms with Crippen molar-refractivity contribution in [1.82, 2.24) is 14.8 Å². The number of pyridine rings is 1. The van der Waals surface area contributed by atoms with Crippen LogP contribution in [0.2, 0.25) is 0 Å². The second kappa shape index (κ2) is 7.37. The van der Waals surface area contributed by atoms with Crippen molar-refractivity contribution in [3.8, 4) is 0 Å². The number of nitrogens with zero attached hydrogens (tertiary/aromatic N) is 3. The van der Waals surface area contributed by atoms with Gasteiger partial charge in [-0.05, 0) is 52.3 Å². The predicted octanol–water partition coefficient (Wildman–Crippen LogP) is 0.965. The molecule has 4 heteroatoms. The lowest BCUT2D eigenvalue weighted by Gasteiger charge is -2.27. The van der Waals surface area contributed by atoms with Crippen LogP contribution in [-0.4, -0.2) is 55.6 Å². The minimum absolute atomic E-state index is 0.269. The molecule has 0 aromatic carbocycles. The highest BCUT2D eigenvalue weighted by molar-refractivity contribution is 5.14. The zero-order chi connectivity index (χ0) is 12.7. The smallest absolute Gasteiger partial charge is 0.0482 e. The van der Waals surface area contributed by atoms with Crippen molar-refractivity contribution < 1.29 is 0 Å². The summed E-state index contributed by atoms with van der Waals surface area (Å²) in [6, 6.07) is 4.32. The quantitative estimate of drug-likeness (QED) is 0.766. The van der Waals surface area contributed by atoms with Crippen molar-refractivity contribution in [3.63, 3.8) is 0 Å². The molecule has 0 radical (unpaired) electrons. The molecule has 0 bridgehead atoms. The van der Waals surface area contributed by atoms with Crippen LogP contribution in [0.4, 0.5) is 0 Å². The normalized spacial score (nSPS) is 13.3. The minimum atomic E-state index is 0.269. The number of rotatable bonds is 7. The first-order valence-electron chi connectivity index (χ1n) is 6.10. The monoisotopic (exact) mass is 236 g/mol. The van der Waals surface area contributed by atoms with Crippen molar-refractivity contribution in [1.29, 1.82) is 0 Å². The third kappa shape index (κ3) is 4.81. The van der Waals surface area contributed by atoms with Gasteiger partial charge in [0, 0.05) is 25.0 Å². The summed E-state index contributed by atoms with van der Waals surface area (Å²) in [5, 5.41) is 0. The minimum Gasteiger partial charge on any atom is -0.329 e. The molecule has 2 N–H and O–H groups in total. The van der Waals surface area contributed by atoms with Gasteiger partial charge in [0.15, 0.2) is 0 Å². The summed E-state index contributed by atoms with van der Waals surface area (Å²) in [6.45, 7) is 2.79. The number of likely N-dealkylation sites (N-methyl/N-ethyl adjacent to an activating group) is 1. The van der Waals surface area contributed by atoms with E-state index < -0.39 is 0 Å². The molecular weight excluding hydrogens is 212 g/mol. The van der Waals surface area contributed by atoms with E-state index in [1.807, 2.05) is 12.3 Å². The average Bonchev–Trinajstić information content (AvgIpc) is 2.31. The van der Waals surface area contributed by atoms with Gasteiger partial charge in [-0.1, -0.05) is 6.07 Å². The van der Waals surface area contributed by atoms with Gasteiger partial charge in [0.25, 0.3) is 0 Å². The molecule has 1 unspecified atom stereocenters.